The van der Waals surface area contributed by atoms with Gasteiger partial charge in [-0.1, -0.05) is 17.7 Å². The molecule has 1 aliphatic rings. The van der Waals surface area contributed by atoms with Crippen molar-refractivity contribution < 1.29 is 19.1 Å². The van der Waals surface area contributed by atoms with E-state index in [4.69, 9.17) is 4.42 Å². The first kappa shape index (κ1) is 19.4. The number of nitrogens with one attached hydrogen (secondary N) is 2. The lowest BCUT2D eigenvalue weighted by atomic mass is 9.97. The van der Waals surface area contributed by atoms with Gasteiger partial charge in [-0.05, 0) is 55.7 Å². The predicted molar refractivity (Wildman–Crippen MR) is 103 cm³/mol. The summed E-state index contributed by atoms with van der Waals surface area (Å²) in [6.45, 7) is 0.282. The van der Waals surface area contributed by atoms with Gasteiger partial charge in [-0.3, -0.25) is 9.59 Å². The van der Waals surface area contributed by atoms with Crippen LogP contribution in [0.4, 0.5) is 0 Å². The quantitative estimate of drug-likeness (QED) is 0.502. The zero-order chi connectivity index (χ0) is 19.1. The predicted octanol–water partition coefficient (Wildman–Crippen LogP) is 2.70. The summed E-state index contributed by atoms with van der Waals surface area (Å²) in [6.07, 6.45) is 9.03. The van der Waals surface area contributed by atoms with Gasteiger partial charge in [0.1, 0.15) is 5.76 Å². The average molecular weight is 388 g/mol. The molecule has 7 heteroatoms. The lowest BCUT2D eigenvalue weighted by molar-refractivity contribution is -0.139. The molecule has 2 aromatic rings. The second-order valence-corrected chi connectivity index (χ2v) is 7.56. The van der Waals surface area contributed by atoms with Crippen molar-refractivity contribution in [1.82, 2.24) is 10.6 Å². The summed E-state index contributed by atoms with van der Waals surface area (Å²) in [4.78, 5) is 24.8. The average Bonchev–Trinajstić information content (AvgIpc) is 3.41. The number of furan rings is 1. The highest BCUT2D eigenvalue weighted by molar-refractivity contribution is 7.10. The van der Waals surface area contributed by atoms with E-state index in [2.05, 4.69) is 16.7 Å². The molecule has 2 aromatic heterocycles. The Morgan fingerprint density at radius 3 is 2.70 bits per heavy atom. The van der Waals surface area contributed by atoms with Gasteiger partial charge in [0.05, 0.1) is 12.8 Å². The standard InChI is InChI=1S/C20H24N2O4S/c23-18(21-11-10-15-6-2-1-3-7-15)19(24)22-14-20(25,16-8-4-12-26-16)17-9-5-13-27-17/h4-6,8-9,12-13,25H,1-3,7,10-11,14H2,(H,21,23)(H,22,24)/t20-/m0/s1. The van der Waals surface area contributed by atoms with Crippen LogP contribution in [0.1, 0.15) is 42.7 Å². The van der Waals surface area contributed by atoms with Crippen LogP contribution in [0.15, 0.2) is 52.0 Å². The lowest BCUT2D eigenvalue weighted by Crippen LogP contribution is -2.46. The monoisotopic (exact) mass is 388 g/mol. The molecule has 0 spiro atoms. The van der Waals surface area contributed by atoms with Gasteiger partial charge in [0.25, 0.3) is 0 Å². The second kappa shape index (κ2) is 9.01. The van der Waals surface area contributed by atoms with Crippen molar-refractivity contribution in [3.8, 4) is 0 Å². The zero-order valence-corrected chi connectivity index (χ0v) is 15.9. The third kappa shape index (κ3) is 4.87. The molecule has 1 aliphatic carbocycles. The normalized spacial score (nSPS) is 16.3. The Morgan fingerprint density at radius 2 is 2.04 bits per heavy atom. The van der Waals surface area contributed by atoms with E-state index in [0.717, 1.165) is 19.3 Å². The number of carbonyl (C=O) groups is 2. The molecule has 2 amide bonds. The Hall–Kier alpha value is -2.38. The number of aliphatic hydroxyl groups is 1. The van der Waals surface area contributed by atoms with Gasteiger partial charge in [-0.2, -0.15) is 0 Å². The highest BCUT2D eigenvalue weighted by Gasteiger charge is 2.36. The first-order valence-corrected chi connectivity index (χ1v) is 10.0. The number of thiophene rings is 1. The van der Waals surface area contributed by atoms with Crippen molar-refractivity contribution >= 4 is 23.2 Å². The van der Waals surface area contributed by atoms with Crippen molar-refractivity contribution in [2.24, 2.45) is 0 Å². The molecule has 0 saturated heterocycles. The highest BCUT2D eigenvalue weighted by Crippen LogP contribution is 2.32. The molecule has 27 heavy (non-hydrogen) atoms. The second-order valence-electron chi connectivity index (χ2n) is 6.61. The van der Waals surface area contributed by atoms with Gasteiger partial charge in [0.15, 0.2) is 5.60 Å². The Bertz CT molecular complexity index is 747. The molecule has 2 heterocycles. The van der Waals surface area contributed by atoms with Crippen LogP contribution in [0.5, 0.6) is 0 Å². The molecule has 0 unspecified atom stereocenters. The van der Waals surface area contributed by atoms with Crippen LogP contribution >= 0.6 is 11.3 Å². The van der Waals surface area contributed by atoms with Crippen LogP contribution in [-0.4, -0.2) is 30.0 Å². The van der Waals surface area contributed by atoms with Crippen LogP contribution in [0, 0.1) is 0 Å². The molecule has 3 N–H and O–H groups in total. The molecule has 6 nitrogen and oxygen atoms in total. The fraction of sp³-hybridized carbons (Fsp3) is 0.400. The molecular weight excluding hydrogens is 364 g/mol. The van der Waals surface area contributed by atoms with E-state index in [1.165, 1.54) is 36.0 Å². The minimum Gasteiger partial charge on any atom is -0.466 e. The van der Waals surface area contributed by atoms with Gasteiger partial charge in [-0.25, -0.2) is 0 Å². The first-order chi connectivity index (χ1) is 13.1. The highest BCUT2D eigenvalue weighted by atomic mass is 32.1. The minimum atomic E-state index is -1.51. The maximum absolute atomic E-state index is 12.1. The van der Waals surface area contributed by atoms with Crippen molar-refractivity contribution in [3.63, 3.8) is 0 Å². The summed E-state index contributed by atoms with van der Waals surface area (Å²) in [5.41, 5.74) is -0.174. The van der Waals surface area contributed by atoms with E-state index in [9.17, 15) is 14.7 Å². The maximum atomic E-state index is 12.1. The van der Waals surface area contributed by atoms with Crippen LogP contribution in [0.2, 0.25) is 0 Å². The Labute approximate surface area is 162 Å². The number of carbonyl (C=O) groups excluding carboxylic acids is 2. The summed E-state index contributed by atoms with van der Waals surface area (Å²) in [5, 5.41) is 18.1. The van der Waals surface area contributed by atoms with Gasteiger partial charge in [-0.15, -0.1) is 11.3 Å². The third-order valence-electron chi connectivity index (χ3n) is 4.69. The molecule has 3 rings (SSSR count). The number of allylic oxidation sites excluding steroid dienone is 1. The fourth-order valence-corrected chi connectivity index (χ4v) is 3.99. The van der Waals surface area contributed by atoms with Gasteiger partial charge >= 0.3 is 11.8 Å². The molecule has 1 atom stereocenters. The molecular formula is C20H24N2O4S. The summed E-state index contributed by atoms with van der Waals surface area (Å²) >= 11 is 1.35. The van der Waals surface area contributed by atoms with Crippen LogP contribution in [0.25, 0.3) is 0 Å². The number of hydrogen-bond acceptors (Lipinski definition) is 5. The molecule has 0 bridgehead atoms. The molecule has 0 saturated carbocycles. The first-order valence-electron chi connectivity index (χ1n) is 9.14. The summed E-state index contributed by atoms with van der Waals surface area (Å²) in [6, 6.07) is 6.88. The molecule has 0 fully saturated rings. The maximum Gasteiger partial charge on any atom is 0.309 e. The smallest absolute Gasteiger partial charge is 0.309 e. The van der Waals surface area contributed by atoms with Gasteiger partial charge < -0.3 is 20.2 Å². The Morgan fingerprint density at radius 1 is 1.19 bits per heavy atom. The van der Waals surface area contributed by atoms with E-state index < -0.39 is 17.4 Å². The molecule has 0 aromatic carbocycles. The van der Waals surface area contributed by atoms with E-state index in [1.807, 2.05) is 11.4 Å². The third-order valence-corrected chi connectivity index (χ3v) is 5.71. The van der Waals surface area contributed by atoms with E-state index in [0.29, 0.717) is 17.2 Å². The van der Waals surface area contributed by atoms with Crippen molar-refractivity contribution in [1.29, 1.82) is 0 Å². The van der Waals surface area contributed by atoms with Crippen molar-refractivity contribution in [2.75, 3.05) is 13.1 Å². The minimum absolute atomic E-state index is 0.154. The Kier molecular flexibility index (Phi) is 6.47. The van der Waals surface area contributed by atoms with Crippen molar-refractivity contribution in [3.05, 3.63) is 58.2 Å². The molecule has 0 aliphatic heterocycles. The number of hydrogen-bond donors (Lipinski definition) is 3. The van der Waals surface area contributed by atoms with Crippen LogP contribution in [0.3, 0.4) is 0 Å². The largest absolute Gasteiger partial charge is 0.466 e. The SMILES string of the molecule is O=C(NCCC1=CCCCC1)C(=O)NC[C@](O)(c1ccco1)c1cccs1. The lowest BCUT2D eigenvalue weighted by Gasteiger charge is -2.25. The number of rotatable bonds is 7. The zero-order valence-electron chi connectivity index (χ0n) is 15.1. The van der Waals surface area contributed by atoms with Crippen LogP contribution < -0.4 is 10.6 Å². The molecule has 0 radical (unpaired) electrons. The number of amides is 2. The van der Waals surface area contributed by atoms with E-state index >= 15 is 0 Å². The van der Waals surface area contributed by atoms with E-state index in [1.54, 1.807) is 18.2 Å². The Balaban J connectivity index is 1.53. The summed E-state index contributed by atoms with van der Waals surface area (Å²) < 4.78 is 5.35. The fourth-order valence-electron chi connectivity index (χ4n) is 3.16. The van der Waals surface area contributed by atoms with E-state index in [-0.39, 0.29) is 6.54 Å². The van der Waals surface area contributed by atoms with Crippen LogP contribution in [-0.2, 0) is 15.2 Å². The molecule has 144 valence electrons. The summed E-state index contributed by atoms with van der Waals surface area (Å²) in [7, 11) is 0. The van der Waals surface area contributed by atoms with Gasteiger partial charge in [0, 0.05) is 11.4 Å². The van der Waals surface area contributed by atoms with Crippen molar-refractivity contribution in [2.45, 2.75) is 37.7 Å². The topological polar surface area (TPSA) is 91.6 Å². The summed E-state index contributed by atoms with van der Waals surface area (Å²) in [5.74, 6) is -1.15. The van der Waals surface area contributed by atoms with Gasteiger partial charge in [0.2, 0.25) is 0 Å².